The van der Waals surface area contributed by atoms with Crippen LogP contribution in [0.2, 0.25) is 5.15 Å². The van der Waals surface area contributed by atoms with Crippen LogP contribution in [0.25, 0.3) is 6.08 Å². The standard InChI is InChI=1S/C7H5ClFN/c1-2-5-3-6(9)4-10-7(5)8/h2-4H,1H2. The third-order valence-corrected chi connectivity index (χ3v) is 1.37. The van der Waals surface area contributed by atoms with Gasteiger partial charge in [-0.2, -0.15) is 0 Å². The molecule has 0 fully saturated rings. The molecule has 0 bridgehead atoms. The van der Waals surface area contributed by atoms with Crippen LogP contribution in [0.5, 0.6) is 0 Å². The predicted octanol–water partition coefficient (Wildman–Crippen LogP) is 2.52. The highest BCUT2D eigenvalue weighted by molar-refractivity contribution is 6.30. The molecule has 1 nitrogen and oxygen atoms in total. The van der Waals surface area contributed by atoms with Crippen LogP contribution < -0.4 is 0 Å². The number of hydrogen-bond donors (Lipinski definition) is 0. The molecule has 0 unspecified atom stereocenters. The summed E-state index contributed by atoms with van der Waals surface area (Å²) < 4.78 is 12.4. The van der Waals surface area contributed by atoms with Crippen molar-refractivity contribution in [2.24, 2.45) is 0 Å². The van der Waals surface area contributed by atoms with Crippen molar-refractivity contribution in [2.75, 3.05) is 0 Å². The molecule has 0 N–H and O–H groups in total. The monoisotopic (exact) mass is 157 g/mol. The lowest BCUT2D eigenvalue weighted by atomic mass is 10.3. The molecule has 0 saturated heterocycles. The zero-order valence-corrected chi connectivity index (χ0v) is 5.90. The Balaban J connectivity index is 3.21. The molecule has 1 heterocycles. The molecule has 3 heteroatoms. The highest BCUT2D eigenvalue weighted by atomic mass is 35.5. The largest absolute Gasteiger partial charge is 0.241 e. The summed E-state index contributed by atoms with van der Waals surface area (Å²) in [6, 6.07) is 1.28. The molecule has 0 amide bonds. The van der Waals surface area contributed by atoms with E-state index in [4.69, 9.17) is 11.6 Å². The Bertz CT molecular complexity index is 260. The second kappa shape index (κ2) is 2.80. The average Bonchev–Trinajstić information content (AvgIpc) is 1.94. The van der Waals surface area contributed by atoms with Gasteiger partial charge in [0.15, 0.2) is 0 Å². The van der Waals surface area contributed by atoms with Crippen LogP contribution in [0, 0.1) is 5.82 Å². The van der Waals surface area contributed by atoms with E-state index < -0.39 is 5.82 Å². The van der Waals surface area contributed by atoms with Crippen molar-refractivity contribution in [1.82, 2.24) is 4.98 Å². The van der Waals surface area contributed by atoms with Gasteiger partial charge in [-0.3, -0.25) is 0 Å². The molecule has 1 rings (SSSR count). The molecule has 0 saturated carbocycles. The zero-order valence-electron chi connectivity index (χ0n) is 5.14. The summed E-state index contributed by atoms with van der Waals surface area (Å²) in [5, 5.41) is 0.274. The van der Waals surface area contributed by atoms with Crippen LogP contribution in [0.3, 0.4) is 0 Å². The maximum absolute atomic E-state index is 12.4. The average molecular weight is 158 g/mol. The molecule has 0 aromatic carbocycles. The molecule has 0 atom stereocenters. The van der Waals surface area contributed by atoms with Crippen LogP contribution in [-0.2, 0) is 0 Å². The molecule has 0 spiro atoms. The maximum atomic E-state index is 12.4. The number of aromatic nitrogens is 1. The molecule has 0 radical (unpaired) electrons. The molecule has 10 heavy (non-hydrogen) atoms. The highest BCUT2D eigenvalue weighted by Crippen LogP contribution is 2.13. The van der Waals surface area contributed by atoms with Crippen LogP contribution in [0.4, 0.5) is 4.39 Å². The van der Waals surface area contributed by atoms with Crippen molar-refractivity contribution >= 4 is 17.7 Å². The van der Waals surface area contributed by atoms with E-state index in [1.165, 1.54) is 12.1 Å². The van der Waals surface area contributed by atoms with Gasteiger partial charge in [-0.25, -0.2) is 9.37 Å². The predicted molar refractivity (Wildman–Crippen MR) is 39.3 cm³/mol. The summed E-state index contributed by atoms with van der Waals surface area (Å²) >= 11 is 5.55. The number of hydrogen-bond acceptors (Lipinski definition) is 1. The molecule has 52 valence electrons. The molecule has 0 aliphatic rings. The van der Waals surface area contributed by atoms with Gasteiger partial charge < -0.3 is 0 Å². The molecule has 0 aliphatic heterocycles. The van der Waals surface area contributed by atoms with E-state index in [2.05, 4.69) is 11.6 Å². The Morgan fingerprint density at radius 1 is 1.70 bits per heavy atom. The van der Waals surface area contributed by atoms with E-state index in [0.717, 1.165) is 6.20 Å². The Kier molecular flexibility index (Phi) is 2.02. The third kappa shape index (κ3) is 1.33. The fraction of sp³-hybridized carbons (Fsp3) is 0. The van der Waals surface area contributed by atoms with Crippen molar-refractivity contribution in [3.63, 3.8) is 0 Å². The van der Waals surface area contributed by atoms with Crippen LogP contribution >= 0.6 is 11.6 Å². The first kappa shape index (κ1) is 7.22. The van der Waals surface area contributed by atoms with E-state index in [-0.39, 0.29) is 5.15 Å². The normalized spacial score (nSPS) is 9.40. The summed E-state index contributed by atoms with van der Waals surface area (Å²) in [6.07, 6.45) is 2.52. The summed E-state index contributed by atoms with van der Waals surface area (Å²) in [4.78, 5) is 3.57. The van der Waals surface area contributed by atoms with Gasteiger partial charge in [0, 0.05) is 5.56 Å². The summed E-state index contributed by atoms with van der Waals surface area (Å²) in [6.45, 7) is 3.44. The van der Waals surface area contributed by atoms with Gasteiger partial charge in [0.25, 0.3) is 0 Å². The fourth-order valence-corrected chi connectivity index (χ4v) is 0.762. The quantitative estimate of drug-likeness (QED) is 0.571. The van der Waals surface area contributed by atoms with E-state index in [0.29, 0.717) is 5.56 Å². The van der Waals surface area contributed by atoms with Crippen molar-refractivity contribution < 1.29 is 4.39 Å². The van der Waals surface area contributed by atoms with Gasteiger partial charge in [0.1, 0.15) is 11.0 Å². The molecule has 1 aromatic heterocycles. The van der Waals surface area contributed by atoms with Gasteiger partial charge in [-0.1, -0.05) is 24.3 Å². The fourth-order valence-electron chi connectivity index (χ4n) is 0.581. The summed E-state index contributed by atoms with van der Waals surface area (Å²) in [7, 11) is 0. The number of halogens is 2. The Labute approximate surface area is 63.2 Å². The first-order chi connectivity index (χ1) is 4.74. The van der Waals surface area contributed by atoms with E-state index >= 15 is 0 Å². The van der Waals surface area contributed by atoms with Gasteiger partial charge >= 0.3 is 0 Å². The van der Waals surface area contributed by atoms with Gasteiger partial charge in [-0.15, -0.1) is 0 Å². The molecule has 0 aliphatic carbocycles. The molecular weight excluding hydrogens is 153 g/mol. The van der Waals surface area contributed by atoms with Crippen molar-refractivity contribution in [1.29, 1.82) is 0 Å². The lowest BCUT2D eigenvalue weighted by Gasteiger charge is -1.94. The van der Waals surface area contributed by atoms with Crippen molar-refractivity contribution in [2.45, 2.75) is 0 Å². The molecule has 1 aromatic rings. The van der Waals surface area contributed by atoms with Crippen LogP contribution in [-0.4, -0.2) is 4.98 Å². The SMILES string of the molecule is C=Cc1cc(F)cnc1Cl. The van der Waals surface area contributed by atoms with Crippen molar-refractivity contribution in [3.8, 4) is 0 Å². The van der Waals surface area contributed by atoms with Gasteiger partial charge in [0.2, 0.25) is 0 Å². The Hall–Kier alpha value is -0.890. The van der Waals surface area contributed by atoms with E-state index in [9.17, 15) is 4.39 Å². The number of rotatable bonds is 1. The highest BCUT2D eigenvalue weighted by Gasteiger charge is 1.97. The minimum atomic E-state index is -0.403. The number of pyridine rings is 1. The second-order valence-corrected chi connectivity index (χ2v) is 2.10. The first-order valence-electron chi connectivity index (χ1n) is 2.67. The van der Waals surface area contributed by atoms with Crippen LogP contribution in [0.1, 0.15) is 5.56 Å². The second-order valence-electron chi connectivity index (χ2n) is 1.74. The lowest BCUT2D eigenvalue weighted by Crippen LogP contribution is -1.82. The zero-order chi connectivity index (χ0) is 7.56. The Morgan fingerprint density at radius 3 is 2.90 bits per heavy atom. The smallest absolute Gasteiger partial charge is 0.142 e. The summed E-state index contributed by atoms with van der Waals surface area (Å²) in [5.74, 6) is -0.403. The number of nitrogens with zero attached hydrogens (tertiary/aromatic N) is 1. The minimum absolute atomic E-state index is 0.274. The summed E-state index contributed by atoms with van der Waals surface area (Å²) in [5.41, 5.74) is 0.515. The topological polar surface area (TPSA) is 12.9 Å². The Morgan fingerprint density at radius 2 is 2.40 bits per heavy atom. The van der Waals surface area contributed by atoms with Gasteiger partial charge in [-0.05, 0) is 6.07 Å². The van der Waals surface area contributed by atoms with Crippen molar-refractivity contribution in [3.05, 3.63) is 35.4 Å². The molecular formula is C7H5ClFN. The maximum Gasteiger partial charge on any atom is 0.142 e. The first-order valence-corrected chi connectivity index (χ1v) is 3.05. The van der Waals surface area contributed by atoms with E-state index in [1.807, 2.05) is 0 Å². The van der Waals surface area contributed by atoms with E-state index in [1.54, 1.807) is 0 Å². The van der Waals surface area contributed by atoms with Gasteiger partial charge in [0.05, 0.1) is 6.20 Å². The minimum Gasteiger partial charge on any atom is -0.241 e. The van der Waals surface area contributed by atoms with Crippen LogP contribution in [0.15, 0.2) is 18.8 Å². The third-order valence-electron chi connectivity index (χ3n) is 1.05. The lowest BCUT2D eigenvalue weighted by molar-refractivity contribution is 0.621.